The summed E-state index contributed by atoms with van der Waals surface area (Å²) in [6.07, 6.45) is 4.12. The van der Waals surface area contributed by atoms with Crippen molar-refractivity contribution in [3.63, 3.8) is 0 Å². The molecule has 0 radical (unpaired) electrons. The van der Waals surface area contributed by atoms with Crippen molar-refractivity contribution in [2.45, 2.75) is 51.1 Å². The molecule has 1 aromatic carbocycles. The Morgan fingerprint density at radius 2 is 2.04 bits per heavy atom. The Kier molecular flexibility index (Phi) is 4.88. The highest BCUT2D eigenvalue weighted by Gasteiger charge is 2.41. The number of nitrogens with zero attached hydrogens (tertiary/aromatic N) is 2. The predicted molar refractivity (Wildman–Crippen MR) is 89.7 cm³/mol. The van der Waals surface area contributed by atoms with Gasteiger partial charge in [-0.1, -0.05) is 12.1 Å². The van der Waals surface area contributed by atoms with Crippen molar-refractivity contribution in [3.05, 3.63) is 35.6 Å². The Morgan fingerprint density at radius 1 is 1.25 bits per heavy atom. The molecule has 1 aromatic rings. The molecule has 2 saturated heterocycles. The Hall–Kier alpha value is -1.91. The summed E-state index contributed by atoms with van der Waals surface area (Å²) in [6.45, 7) is 2.87. The van der Waals surface area contributed by atoms with Crippen LogP contribution in [-0.4, -0.2) is 41.2 Å². The summed E-state index contributed by atoms with van der Waals surface area (Å²) in [5, 5.41) is 0. The Labute approximate surface area is 142 Å². The summed E-state index contributed by atoms with van der Waals surface area (Å²) in [5.41, 5.74) is 0.702. The van der Waals surface area contributed by atoms with Crippen LogP contribution < -0.4 is 0 Å². The molecule has 3 atom stereocenters. The molecule has 0 aliphatic carbocycles. The molecule has 4 nitrogen and oxygen atoms in total. The first-order valence-electron chi connectivity index (χ1n) is 8.80. The number of benzene rings is 1. The van der Waals surface area contributed by atoms with Crippen LogP contribution in [-0.2, 0) is 9.59 Å². The molecule has 2 aliphatic heterocycles. The molecule has 0 saturated carbocycles. The van der Waals surface area contributed by atoms with E-state index in [1.165, 1.54) is 12.1 Å². The molecule has 0 N–H and O–H groups in total. The normalized spacial score (nSPS) is 28.1. The fraction of sp³-hybridized carbons (Fsp3) is 0.579. The monoisotopic (exact) mass is 332 g/mol. The van der Waals surface area contributed by atoms with Gasteiger partial charge in [-0.2, -0.15) is 0 Å². The SMILES string of the molecule is C[C@@H]1CCCCN1C(=O)[C@@H]1CCC(=O)N(C)[C@H]1c1cccc(F)c1. The van der Waals surface area contributed by atoms with E-state index >= 15 is 0 Å². The fourth-order valence-corrected chi connectivity index (χ4v) is 4.08. The fourth-order valence-electron chi connectivity index (χ4n) is 4.08. The van der Waals surface area contributed by atoms with Crippen molar-refractivity contribution in [2.75, 3.05) is 13.6 Å². The summed E-state index contributed by atoms with van der Waals surface area (Å²) in [6, 6.07) is 6.13. The van der Waals surface area contributed by atoms with E-state index in [9.17, 15) is 14.0 Å². The van der Waals surface area contributed by atoms with Crippen molar-refractivity contribution >= 4 is 11.8 Å². The van der Waals surface area contributed by atoms with E-state index in [4.69, 9.17) is 0 Å². The number of carbonyl (C=O) groups is 2. The molecule has 3 rings (SSSR count). The maximum atomic E-state index is 13.7. The van der Waals surface area contributed by atoms with Gasteiger partial charge in [0.1, 0.15) is 5.82 Å². The number of hydrogen-bond acceptors (Lipinski definition) is 2. The first-order valence-corrected chi connectivity index (χ1v) is 8.80. The minimum Gasteiger partial charge on any atom is -0.340 e. The van der Waals surface area contributed by atoms with Crippen molar-refractivity contribution in [2.24, 2.45) is 5.92 Å². The second kappa shape index (κ2) is 6.91. The zero-order chi connectivity index (χ0) is 17.3. The molecule has 2 heterocycles. The molecular formula is C19H25FN2O2. The standard InChI is InChI=1S/C19H25FN2O2/c1-13-6-3-4-11-22(13)19(24)16-9-10-17(23)21(2)18(16)14-7-5-8-15(20)12-14/h5,7-8,12-13,16,18H,3-4,6,9-11H2,1-2H3/t13-,16-,18+/m1/s1. The zero-order valence-corrected chi connectivity index (χ0v) is 14.4. The van der Waals surface area contributed by atoms with Crippen LogP contribution in [0.15, 0.2) is 24.3 Å². The van der Waals surface area contributed by atoms with Crippen LogP contribution in [0.4, 0.5) is 4.39 Å². The van der Waals surface area contributed by atoms with Gasteiger partial charge in [-0.25, -0.2) is 4.39 Å². The van der Waals surface area contributed by atoms with Crippen LogP contribution in [0.5, 0.6) is 0 Å². The molecule has 0 unspecified atom stereocenters. The Bertz CT molecular complexity index is 634. The van der Waals surface area contributed by atoms with Gasteiger partial charge >= 0.3 is 0 Å². The lowest BCUT2D eigenvalue weighted by atomic mass is 9.83. The van der Waals surface area contributed by atoms with E-state index < -0.39 is 0 Å². The maximum absolute atomic E-state index is 13.7. The average Bonchev–Trinajstić information content (AvgIpc) is 2.57. The van der Waals surface area contributed by atoms with E-state index in [2.05, 4.69) is 6.92 Å². The summed E-state index contributed by atoms with van der Waals surface area (Å²) < 4.78 is 13.7. The lowest BCUT2D eigenvalue weighted by molar-refractivity contribution is -0.148. The van der Waals surface area contributed by atoms with Gasteiger partial charge in [0.15, 0.2) is 0 Å². The first kappa shape index (κ1) is 16.9. The highest BCUT2D eigenvalue weighted by Crippen LogP contribution is 2.38. The van der Waals surface area contributed by atoms with E-state index in [1.54, 1.807) is 18.0 Å². The number of rotatable bonds is 2. The number of likely N-dealkylation sites (tertiary alicyclic amines) is 2. The maximum Gasteiger partial charge on any atom is 0.228 e. The van der Waals surface area contributed by atoms with Gasteiger partial charge in [0.05, 0.1) is 12.0 Å². The van der Waals surface area contributed by atoms with Crippen LogP contribution >= 0.6 is 0 Å². The second-order valence-corrected chi connectivity index (χ2v) is 7.03. The molecule has 2 fully saturated rings. The number of amides is 2. The van der Waals surface area contributed by atoms with Gasteiger partial charge in [-0.3, -0.25) is 9.59 Å². The van der Waals surface area contributed by atoms with Crippen LogP contribution in [0.1, 0.15) is 50.6 Å². The van der Waals surface area contributed by atoms with Gasteiger partial charge in [-0.05, 0) is 50.3 Å². The lowest BCUT2D eigenvalue weighted by Gasteiger charge is -2.43. The third kappa shape index (κ3) is 3.17. The second-order valence-electron chi connectivity index (χ2n) is 7.03. The molecule has 5 heteroatoms. The first-order chi connectivity index (χ1) is 11.5. The van der Waals surface area contributed by atoms with E-state index in [1.807, 2.05) is 11.0 Å². The minimum atomic E-state index is -0.386. The van der Waals surface area contributed by atoms with Crippen LogP contribution in [0, 0.1) is 11.7 Å². The summed E-state index contributed by atoms with van der Waals surface area (Å²) >= 11 is 0. The number of carbonyl (C=O) groups excluding carboxylic acids is 2. The summed E-state index contributed by atoms with van der Waals surface area (Å²) in [4.78, 5) is 28.9. The average molecular weight is 332 g/mol. The molecule has 2 amide bonds. The predicted octanol–water partition coefficient (Wildman–Crippen LogP) is 3.14. The molecule has 0 aromatic heterocycles. The van der Waals surface area contributed by atoms with Crippen LogP contribution in [0.2, 0.25) is 0 Å². The topological polar surface area (TPSA) is 40.6 Å². The number of hydrogen-bond donors (Lipinski definition) is 0. The molecule has 0 spiro atoms. The molecule has 2 aliphatic rings. The van der Waals surface area contributed by atoms with E-state index in [0.717, 1.165) is 25.8 Å². The molecule has 0 bridgehead atoms. The highest BCUT2D eigenvalue weighted by atomic mass is 19.1. The zero-order valence-electron chi connectivity index (χ0n) is 14.4. The Balaban J connectivity index is 1.91. The van der Waals surface area contributed by atoms with E-state index in [0.29, 0.717) is 18.4 Å². The minimum absolute atomic E-state index is 0.0139. The van der Waals surface area contributed by atoms with E-state index in [-0.39, 0.29) is 35.6 Å². The highest BCUT2D eigenvalue weighted by molar-refractivity contribution is 5.85. The third-order valence-electron chi connectivity index (χ3n) is 5.45. The van der Waals surface area contributed by atoms with Gasteiger partial charge in [0.2, 0.25) is 11.8 Å². The Morgan fingerprint density at radius 3 is 2.75 bits per heavy atom. The smallest absolute Gasteiger partial charge is 0.228 e. The van der Waals surface area contributed by atoms with Gasteiger partial charge in [0.25, 0.3) is 0 Å². The van der Waals surface area contributed by atoms with Gasteiger partial charge < -0.3 is 9.80 Å². The van der Waals surface area contributed by atoms with Crippen LogP contribution in [0.3, 0.4) is 0 Å². The van der Waals surface area contributed by atoms with Gasteiger partial charge in [0, 0.05) is 26.1 Å². The largest absolute Gasteiger partial charge is 0.340 e. The third-order valence-corrected chi connectivity index (χ3v) is 5.45. The lowest BCUT2D eigenvalue weighted by Crippen LogP contribution is -2.51. The van der Waals surface area contributed by atoms with Crippen molar-refractivity contribution in [1.82, 2.24) is 9.80 Å². The molecular weight excluding hydrogens is 307 g/mol. The van der Waals surface area contributed by atoms with Crippen molar-refractivity contribution in [1.29, 1.82) is 0 Å². The van der Waals surface area contributed by atoms with Crippen molar-refractivity contribution in [3.8, 4) is 0 Å². The summed E-state index contributed by atoms with van der Waals surface area (Å²) in [7, 11) is 1.72. The molecule has 130 valence electrons. The van der Waals surface area contributed by atoms with Crippen molar-refractivity contribution < 1.29 is 14.0 Å². The van der Waals surface area contributed by atoms with Crippen LogP contribution in [0.25, 0.3) is 0 Å². The molecule has 24 heavy (non-hydrogen) atoms. The summed E-state index contributed by atoms with van der Waals surface area (Å²) in [5.74, 6) is -0.512. The number of halogens is 1. The quantitative estimate of drug-likeness (QED) is 0.835. The van der Waals surface area contributed by atoms with Gasteiger partial charge in [-0.15, -0.1) is 0 Å². The number of piperidine rings is 2.